The number of nitrogens with two attached hydrogens (primary N) is 1. The first kappa shape index (κ1) is 16.5. The standard InChI is InChI=1S/C14H20N4O.BrH/c1-16-14(15)17-10-11-5-7-12(8-6-11)18-9-3-2-4-13(18)19;/h5-8H,2-4,9-10H2,1H3,(H3,15,16,17);1H. The minimum absolute atomic E-state index is 0. The number of carbonyl (C=O) groups is 1. The van der Waals surface area contributed by atoms with Crippen LogP contribution in [0.2, 0.25) is 0 Å². The molecule has 0 unspecified atom stereocenters. The number of anilines is 1. The van der Waals surface area contributed by atoms with Gasteiger partial charge in [-0.2, -0.15) is 0 Å². The number of hydrogen-bond donors (Lipinski definition) is 2. The van der Waals surface area contributed by atoms with Crippen molar-refractivity contribution in [2.24, 2.45) is 10.7 Å². The van der Waals surface area contributed by atoms with Crippen LogP contribution in [0.25, 0.3) is 0 Å². The Labute approximate surface area is 130 Å². The maximum atomic E-state index is 11.8. The third-order valence-electron chi connectivity index (χ3n) is 3.29. The monoisotopic (exact) mass is 340 g/mol. The van der Waals surface area contributed by atoms with E-state index in [1.165, 1.54) is 0 Å². The molecule has 0 bridgehead atoms. The molecular weight excluding hydrogens is 320 g/mol. The van der Waals surface area contributed by atoms with Crippen molar-refractivity contribution in [1.29, 1.82) is 0 Å². The zero-order valence-corrected chi connectivity index (χ0v) is 13.3. The lowest BCUT2D eigenvalue weighted by molar-refractivity contribution is -0.119. The van der Waals surface area contributed by atoms with Gasteiger partial charge in [-0.05, 0) is 30.5 Å². The quantitative estimate of drug-likeness (QED) is 0.651. The Balaban J connectivity index is 0.00000200. The molecule has 3 N–H and O–H groups in total. The molecule has 1 heterocycles. The lowest BCUT2D eigenvalue weighted by Crippen LogP contribution is -2.35. The van der Waals surface area contributed by atoms with E-state index < -0.39 is 0 Å². The van der Waals surface area contributed by atoms with Crippen molar-refractivity contribution in [3.63, 3.8) is 0 Å². The Kier molecular flexibility index (Phi) is 6.51. The molecule has 1 fully saturated rings. The second kappa shape index (κ2) is 7.89. The van der Waals surface area contributed by atoms with E-state index in [2.05, 4.69) is 10.3 Å². The van der Waals surface area contributed by atoms with E-state index in [9.17, 15) is 4.79 Å². The number of aliphatic imine (C=N–C) groups is 1. The van der Waals surface area contributed by atoms with Gasteiger partial charge in [0.25, 0.3) is 0 Å². The molecule has 1 aliphatic heterocycles. The van der Waals surface area contributed by atoms with Gasteiger partial charge in [0.15, 0.2) is 5.96 Å². The first-order valence-corrected chi connectivity index (χ1v) is 6.56. The van der Waals surface area contributed by atoms with E-state index in [1.807, 2.05) is 29.2 Å². The van der Waals surface area contributed by atoms with Crippen LogP contribution in [-0.4, -0.2) is 25.5 Å². The van der Waals surface area contributed by atoms with Gasteiger partial charge in [0, 0.05) is 32.2 Å². The smallest absolute Gasteiger partial charge is 0.226 e. The number of nitrogens with one attached hydrogen (secondary N) is 1. The summed E-state index contributed by atoms with van der Waals surface area (Å²) in [6, 6.07) is 7.99. The van der Waals surface area contributed by atoms with Crippen LogP contribution in [0.1, 0.15) is 24.8 Å². The van der Waals surface area contributed by atoms with Crippen molar-refractivity contribution in [2.45, 2.75) is 25.8 Å². The van der Waals surface area contributed by atoms with Crippen molar-refractivity contribution >= 4 is 34.5 Å². The molecular formula is C14H21BrN4O. The minimum Gasteiger partial charge on any atom is -0.370 e. The van der Waals surface area contributed by atoms with Crippen LogP contribution in [-0.2, 0) is 11.3 Å². The van der Waals surface area contributed by atoms with Crippen LogP contribution in [0.3, 0.4) is 0 Å². The van der Waals surface area contributed by atoms with E-state index >= 15 is 0 Å². The van der Waals surface area contributed by atoms with Crippen molar-refractivity contribution in [3.05, 3.63) is 29.8 Å². The molecule has 0 radical (unpaired) electrons. The number of amides is 1. The van der Waals surface area contributed by atoms with Crippen molar-refractivity contribution in [3.8, 4) is 0 Å². The van der Waals surface area contributed by atoms with Gasteiger partial charge in [-0.15, -0.1) is 17.0 Å². The van der Waals surface area contributed by atoms with E-state index in [4.69, 9.17) is 5.73 Å². The highest BCUT2D eigenvalue weighted by molar-refractivity contribution is 8.93. The summed E-state index contributed by atoms with van der Waals surface area (Å²) in [6.45, 7) is 1.46. The highest BCUT2D eigenvalue weighted by Gasteiger charge is 2.19. The Hall–Kier alpha value is -1.56. The zero-order valence-electron chi connectivity index (χ0n) is 11.6. The van der Waals surface area contributed by atoms with E-state index in [1.54, 1.807) is 7.05 Å². The molecule has 1 aromatic carbocycles. The highest BCUT2D eigenvalue weighted by Crippen LogP contribution is 2.21. The summed E-state index contributed by atoms with van der Waals surface area (Å²) >= 11 is 0. The molecule has 0 aromatic heterocycles. The Bertz CT molecular complexity index is 473. The number of benzene rings is 1. The Morgan fingerprint density at radius 2 is 2.05 bits per heavy atom. The predicted octanol–water partition coefficient (Wildman–Crippen LogP) is 1.82. The van der Waals surface area contributed by atoms with Gasteiger partial charge >= 0.3 is 0 Å². The van der Waals surface area contributed by atoms with Gasteiger partial charge in [0.1, 0.15) is 0 Å². The maximum Gasteiger partial charge on any atom is 0.226 e. The molecule has 20 heavy (non-hydrogen) atoms. The number of piperidine rings is 1. The predicted molar refractivity (Wildman–Crippen MR) is 87.4 cm³/mol. The van der Waals surface area contributed by atoms with Crippen molar-refractivity contribution in [2.75, 3.05) is 18.5 Å². The third-order valence-corrected chi connectivity index (χ3v) is 3.29. The van der Waals surface area contributed by atoms with Gasteiger partial charge in [0.2, 0.25) is 5.91 Å². The number of guanidine groups is 1. The van der Waals surface area contributed by atoms with Crippen LogP contribution in [0, 0.1) is 0 Å². The van der Waals surface area contributed by atoms with Crippen LogP contribution in [0.4, 0.5) is 5.69 Å². The zero-order chi connectivity index (χ0) is 13.7. The molecule has 1 saturated heterocycles. The largest absolute Gasteiger partial charge is 0.370 e. The van der Waals surface area contributed by atoms with Gasteiger partial charge in [-0.25, -0.2) is 0 Å². The minimum atomic E-state index is 0. The van der Waals surface area contributed by atoms with Gasteiger partial charge in [-0.1, -0.05) is 12.1 Å². The number of nitrogens with zero attached hydrogens (tertiary/aromatic N) is 2. The molecule has 6 heteroatoms. The molecule has 1 aromatic rings. The summed E-state index contributed by atoms with van der Waals surface area (Å²) in [6.07, 6.45) is 2.75. The SMILES string of the molecule is Br.CN=C(N)NCc1ccc(N2CCCCC2=O)cc1. The molecule has 2 rings (SSSR count). The fourth-order valence-corrected chi connectivity index (χ4v) is 2.14. The van der Waals surface area contributed by atoms with Crippen molar-refractivity contribution in [1.82, 2.24) is 5.32 Å². The highest BCUT2D eigenvalue weighted by atomic mass is 79.9. The summed E-state index contributed by atoms with van der Waals surface area (Å²) in [5, 5.41) is 3.00. The topological polar surface area (TPSA) is 70.7 Å². The molecule has 0 spiro atoms. The maximum absolute atomic E-state index is 11.8. The fraction of sp³-hybridized carbons (Fsp3) is 0.429. The lowest BCUT2D eigenvalue weighted by Gasteiger charge is -2.26. The molecule has 5 nitrogen and oxygen atoms in total. The second-order valence-corrected chi connectivity index (χ2v) is 4.63. The number of halogens is 1. The molecule has 110 valence electrons. The van der Waals surface area contributed by atoms with Gasteiger partial charge in [0.05, 0.1) is 0 Å². The van der Waals surface area contributed by atoms with Gasteiger partial charge < -0.3 is 16.0 Å². The Morgan fingerprint density at radius 3 is 2.65 bits per heavy atom. The molecule has 0 atom stereocenters. The fourth-order valence-electron chi connectivity index (χ4n) is 2.14. The Morgan fingerprint density at radius 1 is 1.35 bits per heavy atom. The summed E-state index contributed by atoms with van der Waals surface area (Å²) < 4.78 is 0. The van der Waals surface area contributed by atoms with Crippen molar-refractivity contribution < 1.29 is 4.79 Å². The summed E-state index contributed by atoms with van der Waals surface area (Å²) in [5.74, 6) is 0.648. The van der Waals surface area contributed by atoms with Crippen LogP contribution in [0.15, 0.2) is 29.3 Å². The molecule has 0 aliphatic carbocycles. The lowest BCUT2D eigenvalue weighted by atomic mass is 10.1. The summed E-state index contributed by atoms with van der Waals surface area (Å²) in [5.41, 5.74) is 7.66. The van der Waals surface area contributed by atoms with Crippen LogP contribution >= 0.6 is 17.0 Å². The average Bonchev–Trinajstić information content (AvgIpc) is 2.46. The second-order valence-electron chi connectivity index (χ2n) is 4.63. The average molecular weight is 341 g/mol. The molecule has 0 saturated carbocycles. The number of rotatable bonds is 3. The molecule has 1 amide bonds. The molecule has 1 aliphatic rings. The van der Waals surface area contributed by atoms with Gasteiger partial charge in [-0.3, -0.25) is 9.79 Å². The first-order chi connectivity index (χ1) is 9.20. The van der Waals surface area contributed by atoms with Crippen LogP contribution in [0.5, 0.6) is 0 Å². The number of carbonyl (C=O) groups excluding carboxylic acids is 1. The first-order valence-electron chi connectivity index (χ1n) is 6.56. The number of hydrogen-bond acceptors (Lipinski definition) is 2. The van der Waals surface area contributed by atoms with E-state index in [0.29, 0.717) is 18.9 Å². The van der Waals surface area contributed by atoms with E-state index in [0.717, 1.165) is 30.6 Å². The third kappa shape index (κ3) is 4.23. The summed E-state index contributed by atoms with van der Waals surface area (Å²) in [4.78, 5) is 17.5. The summed E-state index contributed by atoms with van der Waals surface area (Å²) in [7, 11) is 1.65. The van der Waals surface area contributed by atoms with E-state index in [-0.39, 0.29) is 22.9 Å². The van der Waals surface area contributed by atoms with Crippen LogP contribution < -0.4 is 16.0 Å². The normalized spacial score (nSPS) is 15.8.